The molecule has 5 rings (SSSR count). The van der Waals surface area contributed by atoms with Crippen LogP contribution >= 0.6 is 0 Å². The SMILES string of the molecule is Cn1cnc(S(=O)(=O)N2CCCN(C(=O)c3cc(-c4ccc5c(c4)OCO5)n[nH]3)CC2)c1. The molecule has 2 aliphatic rings. The van der Waals surface area contributed by atoms with E-state index >= 15 is 0 Å². The number of carbonyl (C=O) groups excluding carboxylic acids is 1. The molecular weight excluding hydrogens is 436 g/mol. The fourth-order valence-electron chi connectivity index (χ4n) is 3.80. The Labute approximate surface area is 184 Å². The van der Waals surface area contributed by atoms with Gasteiger partial charge in [0.1, 0.15) is 5.69 Å². The molecule has 0 unspecified atom stereocenters. The number of fused-ring (bicyclic) bond motifs is 1. The minimum absolute atomic E-state index is 0.0155. The molecule has 12 heteroatoms. The highest BCUT2D eigenvalue weighted by molar-refractivity contribution is 7.89. The number of hydrogen-bond acceptors (Lipinski definition) is 7. The average Bonchev–Trinajstić information content (AvgIpc) is 3.50. The minimum Gasteiger partial charge on any atom is -0.454 e. The van der Waals surface area contributed by atoms with E-state index in [2.05, 4.69) is 15.2 Å². The number of nitrogens with one attached hydrogen (secondary N) is 1. The van der Waals surface area contributed by atoms with Crippen molar-refractivity contribution >= 4 is 15.9 Å². The van der Waals surface area contributed by atoms with Crippen LogP contribution in [0.1, 0.15) is 16.9 Å². The van der Waals surface area contributed by atoms with Crippen molar-refractivity contribution in [3.8, 4) is 22.8 Å². The summed E-state index contributed by atoms with van der Waals surface area (Å²) >= 11 is 0. The van der Waals surface area contributed by atoms with Gasteiger partial charge >= 0.3 is 0 Å². The number of hydrogen-bond donors (Lipinski definition) is 1. The van der Waals surface area contributed by atoms with Crippen molar-refractivity contribution < 1.29 is 22.7 Å². The number of H-pyrrole nitrogens is 1. The van der Waals surface area contributed by atoms with Crippen LogP contribution in [0.25, 0.3) is 11.3 Å². The van der Waals surface area contributed by atoms with Gasteiger partial charge in [-0.2, -0.15) is 9.40 Å². The van der Waals surface area contributed by atoms with E-state index in [1.807, 2.05) is 12.1 Å². The maximum atomic E-state index is 13.0. The van der Waals surface area contributed by atoms with Crippen molar-refractivity contribution in [1.29, 1.82) is 0 Å². The molecule has 168 valence electrons. The Morgan fingerprint density at radius 2 is 1.94 bits per heavy atom. The minimum atomic E-state index is -3.69. The zero-order valence-electron chi connectivity index (χ0n) is 17.4. The molecule has 0 spiro atoms. The predicted molar refractivity (Wildman–Crippen MR) is 113 cm³/mol. The summed E-state index contributed by atoms with van der Waals surface area (Å²) < 4.78 is 39.4. The maximum Gasteiger partial charge on any atom is 0.271 e. The zero-order chi connectivity index (χ0) is 22.3. The van der Waals surface area contributed by atoms with Gasteiger partial charge in [-0.1, -0.05) is 0 Å². The normalized spacial score (nSPS) is 16.8. The highest BCUT2D eigenvalue weighted by Gasteiger charge is 2.30. The second-order valence-corrected chi connectivity index (χ2v) is 9.55. The summed E-state index contributed by atoms with van der Waals surface area (Å²) in [7, 11) is -1.97. The molecule has 0 bridgehead atoms. The van der Waals surface area contributed by atoms with Gasteiger partial charge in [-0.25, -0.2) is 13.4 Å². The van der Waals surface area contributed by atoms with Crippen LogP contribution in [-0.2, 0) is 17.1 Å². The Bertz CT molecular complexity index is 1270. The van der Waals surface area contributed by atoms with Gasteiger partial charge in [0.15, 0.2) is 16.5 Å². The van der Waals surface area contributed by atoms with Gasteiger partial charge in [0.2, 0.25) is 6.79 Å². The van der Waals surface area contributed by atoms with Gasteiger partial charge in [-0.05, 0) is 30.7 Å². The van der Waals surface area contributed by atoms with Crippen molar-refractivity contribution in [2.75, 3.05) is 33.0 Å². The van der Waals surface area contributed by atoms with Crippen molar-refractivity contribution in [1.82, 2.24) is 29.0 Å². The Morgan fingerprint density at radius 3 is 2.75 bits per heavy atom. The molecule has 1 fully saturated rings. The lowest BCUT2D eigenvalue weighted by atomic mass is 10.1. The molecule has 1 saturated heterocycles. The Hall–Kier alpha value is -3.38. The standard InChI is InChI=1S/C20H22N6O5S/c1-24-11-19(21-12-24)32(28,29)26-6-2-5-25(7-8-26)20(27)16-10-15(22-23-16)14-3-4-17-18(9-14)31-13-30-17/h3-4,9-12H,2,5-8,13H2,1H3,(H,22,23). The maximum absolute atomic E-state index is 13.0. The molecule has 0 atom stereocenters. The van der Waals surface area contributed by atoms with Gasteiger partial charge in [0, 0.05) is 45.0 Å². The van der Waals surface area contributed by atoms with E-state index in [1.165, 1.54) is 16.8 Å². The smallest absolute Gasteiger partial charge is 0.271 e. The van der Waals surface area contributed by atoms with Crippen molar-refractivity contribution in [3.05, 3.63) is 42.5 Å². The first-order valence-corrected chi connectivity index (χ1v) is 11.6. The van der Waals surface area contributed by atoms with E-state index in [0.717, 1.165) is 5.56 Å². The molecule has 4 heterocycles. The van der Waals surface area contributed by atoms with E-state index in [9.17, 15) is 13.2 Å². The van der Waals surface area contributed by atoms with E-state index in [-0.39, 0.29) is 30.8 Å². The average molecular weight is 459 g/mol. The van der Waals surface area contributed by atoms with E-state index in [0.29, 0.717) is 42.4 Å². The monoisotopic (exact) mass is 458 g/mol. The Kier molecular flexibility index (Phi) is 5.10. The number of amides is 1. The summed E-state index contributed by atoms with van der Waals surface area (Å²) in [6.45, 7) is 1.45. The summed E-state index contributed by atoms with van der Waals surface area (Å²) in [5.74, 6) is 1.09. The third-order valence-electron chi connectivity index (χ3n) is 5.50. The summed E-state index contributed by atoms with van der Waals surface area (Å²) in [6, 6.07) is 7.16. The van der Waals surface area contributed by atoms with Gasteiger partial charge in [0.05, 0.1) is 12.0 Å². The van der Waals surface area contributed by atoms with Crippen LogP contribution in [0.3, 0.4) is 0 Å². The predicted octanol–water partition coefficient (Wildman–Crippen LogP) is 1.08. The highest BCUT2D eigenvalue weighted by atomic mass is 32.2. The van der Waals surface area contributed by atoms with Gasteiger partial charge in [-0.3, -0.25) is 9.89 Å². The molecule has 2 aromatic heterocycles. The lowest BCUT2D eigenvalue weighted by Crippen LogP contribution is -2.37. The molecule has 1 aromatic carbocycles. The molecule has 0 saturated carbocycles. The molecule has 11 nitrogen and oxygen atoms in total. The number of aromatic amines is 1. The number of aromatic nitrogens is 4. The van der Waals surface area contributed by atoms with E-state index in [4.69, 9.17) is 9.47 Å². The lowest BCUT2D eigenvalue weighted by Gasteiger charge is -2.20. The lowest BCUT2D eigenvalue weighted by molar-refractivity contribution is 0.0758. The number of carbonyl (C=O) groups is 1. The summed E-state index contributed by atoms with van der Waals surface area (Å²) in [5.41, 5.74) is 1.76. The summed E-state index contributed by atoms with van der Waals surface area (Å²) in [4.78, 5) is 18.7. The van der Waals surface area contributed by atoms with Crippen LogP contribution in [-0.4, -0.2) is 76.3 Å². The van der Waals surface area contributed by atoms with Gasteiger partial charge in [0.25, 0.3) is 15.9 Å². The molecular formula is C20H22N6O5S. The quantitative estimate of drug-likeness (QED) is 0.621. The van der Waals surface area contributed by atoms with E-state index < -0.39 is 10.0 Å². The fourth-order valence-corrected chi connectivity index (χ4v) is 5.23. The number of nitrogens with zero attached hydrogens (tertiary/aromatic N) is 5. The number of imidazole rings is 1. The second-order valence-electron chi connectivity index (χ2n) is 7.66. The number of benzene rings is 1. The van der Waals surface area contributed by atoms with Gasteiger partial charge in [-0.15, -0.1) is 0 Å². The Morgan fingerprint density at radius 1 is 1.09 bits per heavy atom. The Balaban J connectivity index is 1.29. The number of ether oxygens (including phenoxy) is 2. The summed E-state index contributed by atoms with van der Waals surface area (Å²) in [5, 5.41) is 7.08. The largest absolute Gasteiger partial charge is 0.454 e. The summed E-state index contributed by atoms with van der Waals surface area (Å²) in [6.07, 6.45) is 3.46. The second kappa shape index (κ2) is 7.95. The first-order valence-electron chi connectivity index (χ1n) is 10.1. The van der Waals surface area contributed by atoms with Gasteiger partial charge < -0.3 is 18.9 Å². The van der Waals surface area contributed by atoms with Crippen LogP contribution in [0.2, 0.25) is 0 Å². The topological polar surface area (TPSA) is 123 Å². The van der Waals surface area contributed by atoms with Crippen LogP contribution in [0.5, 0.6) is 11.5 Å². The molecule has 3 aromatic rings. The van der Waals surface area contributed by atoms with Crippen LogP contribution < -0.4 is 9.47 Å². The third kappa shape index (κ3) is 3.71. The number of aryl methyl sites for hydroxylation is 1. The van der Waals surface area contributed by atoms with Crippen LogP contribution in [0.4, 0.5) is 0 Å². The molecule has 0 aliphatic carbocycles. The zero-order valence-corrected chi connectivity index (χ0v) is 18.2. The van der Waals surface area contributed by atoms with Crippen molar-refractivity contribution in [2.24, 2.45) is 7.05 Å². The molecule has 0 radical (unpaired) electrons. The highest BCUT2D eigenvalue weighted by Crippen LogP contribution is 2.35. The first kappa shape index (κ1) is 20.5. The fraction of sp³-hybridized carbons (Fsp3) is 0.350. The van der Waals surface area contributed by atoms with Crippen LogP contribution in [0.15, 0.2) is 41.8 Å². The van der Waals surface area contributed by atoms with Crippen molar-refractivity contribution in [2.45, 2.75) is 11.4 Å². The van der Waals surface area contributed by atoms with E-state index in [1.54, 1.807) is 28.6 Å². The van der Waals surface area contributed by atoms with Crippen LogP contribution in [0, 0.1) is 0 Å². The molecule has 32 heavy (non-hydrogen) atoms. The molecule has 1 N–H and O–H groups in total. The number of rotatable bonds is 4. The van der Waals surface area contributed by atoms with Crippen molar-refractivity contribution in [3.63, 3.8) is 0 Å². The number of sulfonamides is 1. The molecule has 1 amide bonds. The first-order chi connectivity index (χ1) is 15.4. The molecule has 2 aliphatic heterocycles. The third-order valence-corrected chi connectivity index (χ3v) is 7.29.